The predicted molar refractivity (Wildman–Crippen MR) is 133 cm³/mol. The predicted octanol–water partition coefficient (Wildman–Crippen LogP) is 7.83. The second-order valence-corrected chi connectivity index (χ2v) is 8.66. The molecule has 0 aliphatic rings. The molecule has 33 heavy (non-hydrogen) atoms. The molecule has 0 radical (unpaired) electrons. The maximum atomic E-state index is 13.9. The number of halogens is 4. The average Bonchev–Trinajstić information content (AvgIpc) is 2.78. The van der Waals surface area contributed by atoms with Gasteiger partial charge in [-0.3, -0.25) is 9.78 Å². The molecule has 3 nitrogen and oxygen atoms in total. The van der Waals surface area contributed by atoms with Gasteiger partial charge < -0.3 is 5.32 Å². The molecule has 2 aromatic rings. The second kappa shape index (κ2) is 12.1. The Morgan fingerprint density at radius 2 is 2.00 bits per heavy atom. The zero-order chi connectivity index (χ0) is 24.7. The molecule has 0 aliphatic heterocycles. The Balaban J connectivity index is 2.74. The van der Waals surface area contributed by atoms with Gasteiger partial charge in [-0.1, -0.05) is 55.8 Å². The zero-order valence-corrected chi connectivity index (χ0v) is 20.7. The highest BCUT2D eigenvalue weighted by molar-refractivity contribution is 6.43. The number of benzene rings is 1. The summed E-state index contributed by atoms with van der Waals surface area (Å²) in [6.45, 7) is 11.9. The molecule has 1 aromatic heterocycles. The molecule has 0 aliphatic carbocycles. The molecule has 0 saturated carbocycles. The topological polar surface area (TPSA) is 42.0 Å². The number of carbonyl (C=O) groups is 1. The minimum absolute atomic E-state index is 0.0874. The first-order valence-electron chi connectivity index (χ1n) is 10.6. The lowest BCUT2D eigenvalue weighted by Crippen LogP contribution is -2.22. The summed E-state index contributed by atoms with van der Waals surface area (Å²) in [4.78, 5) is 15.9. The highest BCUT2D eigenvalue weighted by Gasteiger charge is 2.23. The largest absolute Gasteiger partial charge is 0.358 e. The van der Waals surface area contributed by atoms with Crippen LogP contribution in [0.15, 0.2) is 54.4 Å². The Kier molecular flexibility index (Phi) is 9.81. The number of hydrogen-bond donors (Lipinski definition) is 1. The minimum Gasteiger partial charge on any atom is -0.358 e. The fraction of sp³-hybridized carbons (Fsp3) is 0.308. The molecule has 1 amide bonds. The van der Waals surface area contributed by atoms with E-state index in [2.05, 4.69) is 25.7 Å². The van der Waals surface area contributed by atoms with E-state index >= 15 is 0 Å². The number of allylic oxidation sites excluding steroid dienone is 4. The molecule has 176 valence electrons. The second-order valence-electron chi connectivity index (χ2n) is 7.91. The van der Waals surface area contributed by atoms with Crippen molar-refractivity contribution in [2.24, 2.45) is 0 Å². The van der Waals surface area contributed by atoms with Crippen LogP contribution in [0.3, 0.4) is 0 Å². The SMILES string of the molecule is C=C(/C=C\C=C(/C)F)C(CNC=O)c1cc(C(C)CC)c(C)c(-c2ccc(F)c(Cl)c2Cl)n1. The third kappa shape index (κ3) is 6.52. The zero-order valence-electron chi connectivity index (χ0n) is 19.2. The Hall–Kier alpha value is -2.50. The molecule has 1 heterocycles. The number of nitrogens with one attached hydrogen (secondary N) is 1. The molecule has 2 atom stereocenters. The Labute approximate surface area is 204 Å². The third-order valence-electron chi connectivity index (χ3n) is 5.61. The van der Waals surface area contributed by atoms with E-state index in [0.29, 0.717) is 28.9 Å². The van der Waals surface area contributed by atoms with Crippen molar-refractivity contribution in [1.29, 1.82) is 0 Å². The molecule has 0 spiro atoms. The average molecular weight is 493 g/mol. The molecular formula is C26H28Cl2F2N2O. The molecule has 0 bridgehead atoms. The van der Waals surface area contributed by atoms with Crippen molar-refractivity contribution in [1.82, 2.24) is 10.3 Å². The van der Waals surface area contributed by atoms with Crippen LogP contribution in [0.25, 0.3) is 11.3 Å². The van der Waals surface area contributed by atoms with E-state index in [4.69, 9.17) is 28.2 Å². The van der Waals surface area contributed by atoms with E-state index in [1.807, 2.05) is 13.0 Å². The number of carbonyl (C=O) groups excluding carboxylic acids is 1. The van der Waals surface area contributed by atoms with Crippen molar-refractivity contribution in [3.63, 3.8) is 0 Å². The summed E-state index contributed by atoms with van der Waals surface area (Å²) in [5.74, 6) is -1.11. The summed E-state index contributed by atoms with van der Waals surface area (Å²) in [6.07, 6.45) is 6.07. The Bertz CT molecular complexity index is 1090. The maximum Gasteiger partial charge on any atom is 0.207 e. The van der Waals surface area contributed by atoms with Gasteiger partial charge in [0.2, 0.25) is 6.41 Å². The van der Waals surface area contributed by atoms with Gasteiger partial charge >= 0.3 is 0 Å². The monoisotopic (exact) mass is 492 g/mol. The molecular weight excluding hydrogens is 465 g/mol. The van der Waals surface area contributed by atoms with Crippen molar-refractivity contribution < 1.29 is 13.6 Å². The van der Waals surface area contributed by atoms with Gasteiger partial charge in [-0.25, -0.2) is 8.78 Å². The molecule has 0 saturated heterocycles. The van der Waals surface area contributed by atoms with Crippen molar-refractivity contribution in [3.8, 4) is 11.3 Å². The lowest BCUT2D eigenvalue weighted by molar-refractivity contribution is -0.109. The normalized spacial score (nSPS) is 13.8. The van der Waals surface area contributed by atoms with Crippen LogP contribution in [0, 0.1) is 12.7 Å². The fourth-order valence-electron chi connectivity index (χ4n) is 3.54. The summed E-state index contributed by atoms with van der Waals surface area (Å²) in [5.41, 5.74) is 4.38. The van der Waals surface area contributed by atoms with Gasteiger partial charge in [0.25, 0.3) is 0 Å². The summed E-state index contributed by atoms with van der Waals surface area (Å²) in [5, 5.41) is 2.62. The number of pyridine rings is 1. The van der Waals surface area contributed by atoms with E-state index < -0.39 is 5.82 Å². The van der Waals surface area contributed by atoms with E-state index in [1.165, 1.54) is 19.1 Å². The molecule has 2 rings (SSSR count). The van der Waals surface area contributed by atoms with E-state index in [9.17, 15) is 13.6 Å². The van der Waals surface area contributed by atoms with Gasteiger partial charge in [-0.05, 0) is 67.2 Å². The highest BCUT2D eigenvalue weighted by atomic mass is 35.5. The van der Waals surface area contributed by atoms with Crippen molar-refractivity contribution in [3.05, 3.63) is 87.1 Å². The lowest BCUT2D eigenvalue weighted by Gasteiger charge is -2.23. The van der Waals surface area contributed by atoms with Crippen molar-refractivity contribution >= 4 is 29.6 Å². The third-order valence-corrected chi connectivity index (χ3v) is 6.47. The standard InChI is InChI=1S/C26H28Cl2F2N2O/c1-6-15(2)20-12-23(21(13-31-14-33)16(3)8-7-9-17(4)29)32-26(18(20)5)19-10-11-22(30)25(28)24(19)27/h7-12,14-15,21H,3,6,13H2,1-2,4-5H3,(H,31,33)/b8-7-,17-9+. The summed E-state index contributed by atoms with van der Waals surface area (Å²) < 4.78 is 27.0. The first-order valence-corrected chi connectivity index (χ1v) is 11.4. The van der Waals surface area contributed by atoms with Crippen LogP contribution >= 0.6 is 23.2 Å². The summed E-state index contributed by atoms with van der Waals surface area (Å²) >= 11 is 12.5. The molecule has 0 fully saturated rings. The van der Waals surface area contributed by atoms with Gasteiger partial charge in [0, 0.05) is 18.0 Å². The number of aromatic nitrogens is 1. The van der Waals surface area contributed by atoms with E-state index in [1.54, 1.807) is 18.2 Å². The lowest BCUT2D eigenvalue weighted by atomic mass is 9.87. The number of amides is 1. The van der Waals surface area contributed by atoms with Crippen molar-refractivity contribution in [2.45, 2.75) is 46.0 Å². The van der Waals surface area contributed by atoms with E-state index in [0.717, 1.165) is 17.5 Å². The van der Waals surface area contributed by atoms with Gasteiger partial charge in [0.1, 0.15) is 5.82 Å². The fourth-order valence-corrected chi connectivity index (χ4v) is 3.95. The van der Waals surface area contributed by atoms with Gasteiger partial charge in [0.05, 0.1) is 27.3 Å². The highest BCUT2D eigenvalue weighted by Crippen LogP contribution is 2.39. The first kappa shape index (κ1) is 26.7. The van der Waals surface area contributed by atoms with Crippen LogP contribution in [-0.2, 0) is 4.79 Å². The quantitative estimate of drug-likeness (QED) is 0.208. The van der Waals surface area contributed by atoms with Gasteiger partial charge in [-0.2, -0.15) is 0 Å². The van der Waals surface area contributed by atoms with Crippen LogP contribution in [0.2, 0.25) is 10.0 Å². The van der Waals surface area contributed by atoms with Crippen LogP contribution in [-0.4, -0.2) is 17.9 Å². The molecule has 1 aromatic carbocycles. The van der Waals surface area contributed by atoms with Gasteiger partial charge in [-0.15, -0.1) is 0 Å². The Morgan fingerprint density at radius 1 is 1.30 bits per heavy atom. The first-order chi connectivity index (χ1) is 15.6. The number of nitrogens with zero attached hydrogens (tertiary/aromatic N) is 1. The molecule has 7 heteroatoms. The summed E-state index contributed by atoms with van der Waals surface area (Å²) in [6, 6.07) is 4.82. The smallest absolute Gasteiger partial charge is 0.207 e. The van der Waals surface area contributed by atoms with E-state index in [-0.39, 0.29) is 34.3 Å². The van der Waals surface area contributed by atoms with Gasteiger partial charge in [0.15, 0.2) is 0 Å². The van der Waals surface area contributed by atoms with Crippen LogP contribution in [0.1, 0.15) is 55.8 Å². The molecule has 1 N–H and O–H groups in total. The molecule has 2 unspecified atom stereocenters. The minimum atomic E-state index is -0.607. The van der Waals surface area contributed by atoms with Crippen LogP contribution in [0.5, 0.6) is 0 Å². The van der Waals surface area contributed by atoms with Crippen molar-refractivity contribution in [2.75, 3.05) is 6.54 Å². The van der Waals surface area contributed by atoms with Crippen LogP contribution in [0.4, 0.5) is 8.78 Å². The maximum absolute atomic E-state index is 13.9. The Morgan fingerprint density at radius 3 is 2.61 bits per heavy atom. The number of hydrogen-bond acceptors (Lipinski definition) is 2. The van der Waals surface area contributed by atoms with Crippen LogP contribution < -0.4 is 5.32 Å². The number of rotatable bonds is 10. The summed E-state index contributed by atoms with van der Waals surface area (Å²) in [7, 11) is 0.